The number of fused-ring (bicyclic) bond motifs is 9. The van der Waals surface area contributed by atoms with Gasteiger partial charge in [0.05, 0.1) is 5.41 Å². The van der Waals surface area contributed by atoms with E-state index in [4.69, 9.17) is 11.6 Å². The number of halogens is 1. The smallest absolute Gasteiger partial charge is 0.0736 e. The minimum Gasteiger partial charge on any atom is -0.0887 e. The van der Waals surface area contributed by atoms with E-state index in [2.05, 4.69) is 140 Å². The second-order valence-electron chi connectivity index (χ2n) is 10.2. The number of rotatable bonds is 2. The molecule has 6 aromatic rings. The van der Waals surface area contributed by atoms with Crippen molar-refractivity contribution in [3.8, 4) is 33.4 Å². The van der Waals surface area contributed by atoms with Gasteiger partial charge in [-0.2, -0.15) is 0 Å². The molecule has 0 fully saturated rings. The molecule has 0 nitrogen and oxygen atoms in total. The monoisotopic (exact) mass is 534 g/mol. The summed E-state index contributed by atoms with van der Waals surface area (Å²) in [6, 6.07) is 50.5. The second kappa shape index (κ2) is 8.74. The lowest BCUT2D eigenvalue weighted by atomic mass is 9.67. The van der Waals surface area contributed by atoms with Crippen LogP contribution in [0.3, 0.4) is 0 Å². The molecular formula is C37H23ClS. The maximum atomic E-state index is 7.02. The summed E-state index contributed by atoms with van der Waals surface area (Å²) >= 11 is 8.89. The summed E-state index contributed by atoms with van der Waals surface area (Å²) in [6.07, 6.45) is 0. The Bertz CT molecular complexity index is 1860. The molecule has 0 radical (unpaired) electrons. The largest absolute Gasteiger partial charge is 0.0887 e. The molecule has 0 saturated carbocycles. The molecule has 2 aliphatic rings. The fourth-order valence-electron chi connectivity index (χ4n) is 6.63. The van der Waals surface area contributed by atoms with E-state index in [0.29, 0.717) is 0 Å². The first-order valence-electron chi connectivity index (χ1n) is 13.2. The standard InChI is InChI=1S/C37H23ClS/c38-27-22-30(26-14-10-13-25(21-26)24-11-2-1-3-12-24)36-34(23-27)37(33-19-8-9-20-35(33)39-36)31-17-6-4-15-28(31)29-16-5-7-18-32(29)37/h1-23H. The van der Waals surface area contributed by atoms with Gasteiger partial charge in [-0.1, -0.05) is 139 Å². The Morgan fingerprint density at radius 2 is 1.03 bits per heavy atom. The molecule has 6 aromatic carbocycles. The predicted molar refractivity (Wildman–Crippen MR) is 164 cm³/mol. The van der Waals surface area contributed by atoms with Crippen molar-refractivity contribution in [1.82, 2.24) is 0 Å². The maximum absolute atomic E-state index is 7.02. The number of benzene rings is 6. The number of hydrogen-bond acceptors (Lipinski definition) is 1. The SMILES string of the molecule is Clc1cc(-c2cccc(-c3ccccc3)c2)c2c(c1)C1(c3ccccc3S2)c2ccccc2-c2ccccc21. The van der Waals surface area contributed by atoms with Crippen molar-refractivity contribution >= 4 is 23.4 Å². The summed E-state index contributed by atoms with van der Waals surface area (Å²) in [6.45, 7) is 0. The molecule has 0 bridgehead atoms. The Balaban J connectivity index is 1.46. The maximum Gasteiger partial charge on any atom is 0.0736 e. The molecule has 0 saturated heterocycles. The summed E-state index contributed by atoms with van der Waals surface area (Å²) in [5, 5.41) is 0.759. The van der Waals surface area contributed by atoms with E-state index in [9.17, 15) is 0 Å². The second-order valence-corrected chi connectivity index (χ2v) is 11.7. The van der Waals surface area contributed by atoms with E-state index in [-0.39, 0.29) is 0 Å². The van der Waals surface area contributed by atoms with E-state index < -0.39 is 5.41 Å². The van der Waals surface area contributed by atoms with E-state index >= 15 is 0 Å². The van der Waals surface area contributed by atoms with Crippen LogP contribution in [0, 0.1) is 0 Å². The first-order valence-corrected chi connectivity index (χ1v) is 14.4. The van der Waals surface area contributed by atoms with Crippen molar-refractivity contribution < 1.29 is 0 Å². The molecule has 0 N–H and O–H groups in total. The minimum absolute atomic E-state index is 0.430. The van der Waals surface area contributed by atoms with Gasteiger partial charge in [0.15, 0.2) is 0 Å². The Morgan fingerprint density at radius 3 is 1.77 bits per heavy atom. The van der Waals surface area contributed by atoms with Crippen molar-refractivity contribution in [2.24, 2.45) is 0 Å². The molecule has 1 heterocycles. The van der Waals surface area contributed by atoms with Gasteiger partial charge in [-0.25, -0.2) is 0 Å². The van der Waals surface area contributed by atoms with Gasteiger partial charge in [0, 0.05) is 14.8 Å². The van der Waals surface area contributed by atoms with Gasteiger partial charge in [-0.3, -0.25) is 0 Å². The molecule has 8 rings (SSSR count). The fourth-order valence-corrected chi connectivity index (χ4v) is 8.15. The molecule has 1 aliphatic carbocycles. The van der Waals surface area contributed by atoms with Gasteiger partial charge in [-0.15, -0.1) is 0 Å². The van der Waals surface area contributed by atoms with Crippen LogP contribution in [0.15, 0.2) is 149 Å². The average Bonchev–Trinajstić information content (AvgIpc) is 3.29. The minimum atomic E-state index is -0.430. The number of hydrogen-bond donors (Lipinski definition) is 0. The molecule has 1 spiro atoms. The highest BCUT2D eigenvalue weighted by Gasteiger charge is 2.50. The molecule has 0 amide bonds. The van der Waals surface area contributed by atoms with Gasteiger partial charge in [0.25, 0.3) is 0 Å². The van der Waals surface area contributed by atoms with Gasteiger partial charge in [-0.05, 0) is 79.9 Å². The van der Waals surface area contributed by atoms with Gasteiger partial charge in [0.2, 0.25) is 0 Å². The zero-order valence-electron chi connectivity index (χ0n) is 21.1. The van der Waals surface area contributed by atoms with E-state index in [1.165, 1.54) is 65.4 Å². The van der Waals surface area contributed by atoms with Crippen molar-refractivity contribution in [2.45, 2.75) is 15.2 Å². The van der Waals surface area contributed by atoms with Crippen LogP contribution >= 0.6 is 23.4 Å². The zero-order valence-corrected chi connectivity index (χ0v) is 22.6. The topological polar surface area (TPSA) is 0 Å². The van der Waals surface area contributed by atoms with Gasteiger partial charge >= 0.3 is 0 Å². The molecule has 0 unspecified atom stereocenters. The first kappa shape index (κ1) is 22.9. The van der Waals surface area contributed by atoms with Crippen LogP contribution in [0.1, 0.15) is 22.3 Å². The third-order valence-electron chi connectivity index (χ3n) is 8.19. The summed E-state index contributed by atoms with van der Waals surface area (Å²) in [5.74, 6) is 0. The lowest BCUT2D eigenvalue weighted by molar-refractivity contribution is 0.723. The van der Waals surface area contributed by atoms with E-state index in [1.807, 2.05) is 11.8 Å². The Kier molecular flexibility index (Phi) is 5.13. The quantitative estimate of drug-likeness (QED) is 0.212. The average molecular weight is 535 g/mol. The highest BCUT2D eigenvalue weighted by Crippen LogP contribution is 2.63. The Labute approximate surface area is 237 Å². The fraction of sp³-hybridized carbons (Fsp3) is 0.0270. The molecule has 2 heteroatoms. The van der Waals surface area contributed by atoms with Crippen LogP contribution in [0.2, 0.25) is 5.02 Å². The highest BCUT2D eigenvalue weighted by atomic mass is 35.5. The third-order valence-corrected chi connectivity index (χ3v) is 9.63. The lowest BCUT2D eigenvalue weighted by Gasteiger charge is -2.40. The summed E-state index contributed by atoms with van der Waals surface area (Å²) < 4.78 is 0. The highest BCUT2D eigenvalue weighted by molar-refractivity contribution is 7.99. The normalized spacial score (nSPS) is 13.9. The van der Waals surface area contributed by atoms with Crippen LogP contribution in [-0.2, 0) is 5.41 Å². The molecule has 1 aliphatic heterocycles. The molecule has 0 aromatic heterocycles. The van der Waals surface area contributed by atoms with Crippen LogP contribution < -0.4 is 0 Å². The molecular weight excluding hydrogens is 512 g/mol. The third kappa shape index (κ3) is 3.27. The van der Waals surface area contributed by atoms with Crippen LogP contribution in [0.4, 0.5) is 0 Å². The van der Waals surface area contributed by atoms with Crippen LogP contribution in [-0.4, -0.2) is 0 Å². The Hall–Kier alpha value is -4.04. The zero-order chi connectivity index (χ0) is 26.0. The summed E-state index contributed by atoms with van der Waals surface area (Å²) in [5.41, 5.74) is 12.2. The van der Waals surface area contributed by atoms with Gasteiger partial charge < -0.3 is 0 Å². The molecule has 39 heavy (non-hydrogen) atoms. The van der Waals surface area contributed by atoms with E-state index in [0.717, 1.165) is 5.02 Å². The summed E-state index contributed by atoms with van der Waals surface area (Å²) in [4.78, 5) is 2.56. The molecule has 0 atom stereocenters. The van der Waals surface area contributed by atoms with Crippen molar-refractivity contribution in [2.75, 3.05) is 0 Å². The first-order chi connectivity index (χ1) is 19.2. The van der Waals surface area contributed by atoms with Crippen molar-refractivity contribution in [1.29, 1.82) is 0 Å². The van der Waals surface area contributed by atoms with Crippen molar-refractivity contribution in [3.05, 3.63) is 167 Å². The molecule has 184 valence electrons. The van der Waals surface area contributed by atoms with Crippen LogP contribution in [0.5, 0.6) is 0 Å². The predicted octanol–water partition coefficient (Wildman–Crippen LogP) is 10.5. The van der Waals surface area contributed by atoms with Crippen LogP contribution in [0.25, 0.3) is 33.4 Å². The van der Waals surface area contributed by atoms with E-state index in [1.54, 1.807) is 0 Å². The summed E-state index contributed by atoms with van der Waals surface area (Å²) in [7, 11) is 0. The Morgan fingerprint density at radius 1 is 0.436 bits per heavy atom. The van der Waals surface area contributed by atoms with Gasteiger partial charge in [0.1, 0.15) is 0 Å². The lowest BCUT2D eigenvalue weighted by Crippen LogP contribution is -2.32. The van der Waals surface area contributed by atoms with Crippen molar-refractivity contribution in [3.63, 3.8) is 0 Å².